The molecule has 0 saturated heterocycles. The van der Waals surface area contributed by atoms with Crippen LogP contribution in [-0.2, 0) is 6.42 Å². The van der Waals surface area contributed by atoms with Crippen LogP contribution in [0.2, 0.25) is 0 Å². The van der Waals surface area contributed by atoms with Gasteiger partial charge in [0, 0.05) is 5.56 Å². The van der Waals surface area contributed by atoms with Gasteiger partial charge in [-0.25, -0.2) is 0 Å². The maximum Gasteiger partial charge on any atom is 0.125 e. The lowest BCUT2D eigenvalue weighted by Crippen LogP contribution is -2.11. The van der Waals surface area contributed by atoms with E-state index in [2.05, 4.69) is 20.8 Å². The van der Waals surface area contributed by atoms with Crippen LogP contribution in [0.1, 0.15) is 26.3 Å². The average Bonchev–Trinajstić information content (AvgIpc) is 2.16. The number of benzene rings is 1. The smallest absolute Gasteiger partial charge is 0.125 e. The van der Waals surface area contributed by atoms with Gasteiger partial charge in [-0.15, -0.1) is 0 Å². The Kier molecular flexibility index (Phi) is 3.61. The highest BCUT2D eigenvalue weighted by Crippen LogP contribution is 2.33. The first-order valence-electron chi connectivity index (χ1n) is 5.18. The molecule has 2 nitrogen and oxygen atoms in total. The third-order valence-corrected chi connectivity index (χ3v) is 2.24. The largest absolute Gasteiger partial charge is 0.496 e. The monoisotopic (exact) mass is 208 g/mol. The molecule has 15 heavy (non-hydrogen) atoms. The SMILES string of the molecule is COc1cccc(OC)c1CC(C)(C)C. The van der Waals surface area contributed by atoms with Gasteiger partial charge in [0.15, 0.2) is 0 Å². The molecule has 1 aromatic carbocycles. The summed E-state index contributed by atoms with van der Waals surface area (Å²) in [5.74, 6) is 1.81. The molecule has 0 fully saturated rings. The molecule has 0 aliphatic rings. The number of hydrogen-bond donors (Lipinski definition) is 0. The van der Waals surface area contributed by atoms with Gasteiger partial charge in [-0.2, -0.15) is 0 Å². The summed E-state index contributed by atoms with van der Waals surface area (Å²) >= 11 is 0. The molecule has 0 aromatic heterocycles. The molecule has 0 amide bonds. The first-order chi connectivity index (χ1) is 6.98. The molecule has 0 aliphatic heterocycles. The van der Waals surface area contributed by atoms with Gasteiger partial charge in [-0.3, -0.25) is 0 Å². The van der Waals surface area contributed by atoms with Gasteiger partial charge in [-0.05, 0) is 24.0 Å². The van der Waals surface area contributed by atoms with E-state index in [9.17, 15) is 0 Å². The van der Waals surface area contributed by atoms with E-state index in [1.807, 2.05) is 18.2 Å². The van der Waals surface area contributed by atoms with Crippen LogP contribution in [0, 0.1) is 5.41 Å². The summed E-state index contributed by atoms with van der Waals surface area (Å²) in [5.41, 5.74) is 1.37. The van der Waals surface area contributed by atoms with Crippen molar-refractivity contribution in [1.82, 2.24) is 0 Å². The van der Waals surface area contributed by atoms with Gasteiger partial charge < -0.3 is 9.47 Å². The maximum atomic E-state index is 5.35. The molecule has 0 aliphatic carbocycles. The molecule has 84 valence electrons. The van der Waals surface area contributed by atoms with Crippen LogP contribution in [0.5, 0.6) is 11.5 Å². The molecular formula is C13H20O2. The van der Waals surface area contributed by atoms with Crippen molar-refractivity contribution in [2.75, 3.05) is 14.2 Å². The number of rotatable bonds is 3. The van der Waals surface area contributed by atoms with Gasteiger partial charge in [0.2, 0.25) is 0 Å². The van der Waals surface area contributed by atoms with Crippen LogP contribution >= 0.6 is 0 Å². The van der Waals surface area contributed by atoms with E-state index in [1.54, 1.807) is 14.2 Å². The van der Waals surface area contributed by atoms with Crippen molar-refractivity contribution in [2.24, 2.45) is 5.41 Å². The third-order valence-electron chi connectivity index (χ3n) is 2.24. The quantitative estimate of drug-likeness (QED) is 0.758. The summed E-state index contributed by atoms with van der Waals surface area (Å²) in [5, 5.41) is 0. The number of hydrogen-bond acceptors (Lipinski definition) is 2. The second kappa shape index (κ2) is 4.56. The Morgan fingerprint density at radius 1 is 1.00 bits per heavy atom. The van der Waals surface area contributed by atoms with Crippen LogP contribution in [0.25, 0.3) is 0 Å². The number of methoxy groups -OCH3 is 2. The van der Waals surface area contributed by atoms with Crippen molar-refractivity contribution in [2.45, 2.75) is 27.2 Å². The Labute approximate surface area is 92.2 Å². The lowest BCUT2D eigenvalue weighted by molar-refractivity contribution is 0.355. The summed E-state index contributed by atoms with van der Waals surface area (Å²) in [4.78, 5) is 0. The minimum absolute atomic E-state index is 0.224. The fraction of sp³-hybridized carbons (Fsp3) is 0.538. The summed E-state index contributed by atoms with van der Waals surface area (Å²) < 4.78 is 10.7. The number of ether oxygens (including phenoxy) is 2. The van der Waals surface area contributed by atoms with Gasteiger partial charge in [0.1, 0.15) is 11.5 Å². The van der Waals surface area contributed by atoms with Crippen molar-refractivity contribution in [1.29, 1.82) is 0 Å². The standard InChI is InChI=1S/C13H20O2/c1-13(2,3)9-10-11(14-4)7-6-8-12(10)15-5/h6-8H,9H2,1-5H3. The minimum Gasteiger partial charge on any atom is -0.496 e. The third kappa shape index (κ3) is 3.15. The zero-order valence-corrected chi connectivity index (χ0v) is 10.3. The lowest BCUT2D eigenvalue weighted by atomic mass is 9.87. The van der Waals surface area contributed by atoms with E-state index in [4.69, 9.17) is 9.47 Å². The molecule has 1 aromatic rings. The Morgan fingerprint density at radius 2 is 1.47 bits per heavy atom. The van der Waals surface area contributed by atoms with Crippen molar-refractivity contribution in [3.63, 3.8) is 0 Å². The second-order valence-corrected chi connectivity index (χ2v) is 4.88. The molecule has 0 bridgehead atoms. The summed E-state index contributed by atoms with van der Waals surface area (Å²) in [6, 6.07) is 5.90. The predicted molar refractivity (Wildman–Crippen MR) is 62.7 cm³/mol. The van der Waals surface area contributed by atoms with Crippen LogP contribution in [0.3, 0.4) is 0 Å². The highest BCUT2D eigenvalue weighted by molar-refractivity contribution is 5.45. The Balaban J connectivity index is 3.11. The lowest BCUT2D eigenvalue weighted by Gasteiger charge is -2.21. The maximum absolute atomic E-state index is 5.35. The van der Waals surface area contributed by atoms with E-state index in [0.717, 1.165) is 23.5 Å². The van der Waals surface area contributed by atoms with E-state index < -0.39 is 0 Å². The minimum atomic E-state index is 0.224. The van der Waals surface area contributed by atoms with Crippen molar-refractivity contribution in [3.8, 4) is 11.5 Å². The molecule has 0 N–H and O–H groups in total. The average molecular weight is 208 g/mol. The van der Waals surface area contributed by atoms with Crippen LogP contribution in [-0.4, -0.2) is 14.2 Å². The molecule has 0 unspecified atom stereocenters. The summed E-state index contributed by atoms with van der Waals surface area (Å²) in [6.07, 6.45) is 0.945. The van der Waals surface area contributed by atoms with E-state index in [1.165, 1.54) is 0 Å². The van der Waals surface area contributed by atoms with Crippen molar-refractivity contribution >= 4 is 0 Å². The Hall–Kier alpha value is -1.18. The van der Waals surface area contributed by atoms with Crippen LogP contribution < -0.4 is 9.47 Å². The molecule has 0 atom stereocenters. The van der Waals surface area contributed by atoms with E-state index >= 15 is 0 Å². The Morgan fingerprint density at radius 3 is 1.80 bits per heavy atom. The highest BCUT2D eigenvalue weighted by atomic mass is 16.5. The van der Waals surface area contributed by atoms with Crippen molar-refractivity contribution in [3.05, 3.63) is 23.8 Å². The molecule has 2 heteroatoms. The topological polar surface area (TPSA) is 18.5 Å². The van der Waals surface area contributed by atoms with E-state index in [-0.39, 0.29) is 5.41 Å². The fourth-order valence-corrected chi connectivity index (χ4v) is 1.63. The summed E-state index contributed by atoms with van der Waals surface area (Å²) in [7, 11) is 3.39. The van der Waals surface area contributed by atoms with Gasteiger partial charge in [0.05, 0.1) is 14.2 Å². The van der Waals surface area contributed by atoms with E-state index in [0.29, 0.717) is 0 Å². The molecular weight excluding hydrogens is 188 g/mol. The van der Waals surface area contributed by atoms with Crippen LogP contribution in [0.15, 0.2) is 18.2 Å². The van der Waals surface area contributed by atoms with Crippen LogP contribution in [0.4, 0.5) is 0 Å². The Bertz CT molecular complexity index is 302. The second-order valence-electron chi connectivity index (χ2n) is 4.88. The van der Waals surface area contributed by atoms with Crippen molar-refractivity contribution < 1.29 is 9.47 Å². The molecule has 1 rings (SSSR count). The summed E-state index contributed by atoms with van der Waals surface area (Å²) in [6.45, 7) is 6.62. The molecule has 0 saturated carbocycles. The first kappa shape index (κ1) is 11.9. The highest BCUT2D eigenvalue weighted by Gasteiger charge is 2.18. The first-order valence-corrected chi connectivity index (χ1v) is 5.18. The van der Waals surface area contributed by atoms with Gasteiger partial charge in [0.25, 0.3) is 0 Å². The molecule has 0 radical (unpaired) electrons. The normalized spacial score (nSPS) is 11.3. The van der Waals surface area contributed by atoms with Gasteiger partial charge >= 0.3 is 0 Å². The fourth-order valence-electron chi connectivity index (χ4n) is 1.63. The predicted octanol–water partition coefficient (Wildman–Crippen LogP) is 3.29. The molecule has 0 heterocycles. The zero-order chi connectivity index (χ0) is 11.5. The van der Waals surface area contributed by atoms with Gasteiger partial charge in [-0.1, -0.05) is 26.8 Å². The zero-order valence-electron chi connectivity index (χ0n) is 10.3. The molecule has 0 spiro atoms.